The number of amides is 2. The molecule has 1 heterocycles. The molecule has 2 amide bonds. The molecule has 7 heteroatoms. The lowest BCUT2D eigenvalue weighted by Gasteiger charge is -2.18. The Kier molecular flexibility index (Phi) is 5.28. The van der Waals surface area contributed by atoms with E-state index in [9.17, 15) is 19.2 Å². The molecule has 1 saturated heterocycles. The first-order valence-electron chi connectivity index (χ1n) is 8.16. The summed E-state index contributed by atoms with van der Waals surface area (Å²) >= 11 is 1.12. The molecule has 3 rings (SSSR count). The van der Waals surface area contributed by atoms with Gasteiger partial charge in [0.05, 0.1) is 5.25 Å². The molecule has 5 nitrogen and oxygen atoms in total. The number of carbonyl (C=O) groups is 2. The Morgan fingerprint density at radius 2 is 1.85 bits per heavy atom. The highest BCUT2D eigenvalue weighted by Gasteiger charge is 2.40. The molecule has 27 heavy (non-hydrogen) atoms. The number of hydrogen-bond acceptors (Lipinski definition) is 4. The van der Waals surface area contributed by atoms with Crippen LogP contribution in [0.3, 0.4) is 0 Å². The normalized spacial score (nSPS) is 18.3. The van der Waals surface area contributed by atoms with E-state index in [1.54, 1.807) is 24.3 Å². The molecule has 0 spiro atoms. The Hall–Kier alpha value is -3.11. The van der Waals surface area contributed by atoms with Crippen LogP contribution in [0.25, 0.3) is 0 Å². The monoisotopic (exact) mass is 381 g/mol. The number of anilines is 1. The maximum absolute atomic E-state index is 13.1. The number of halogens is 1. The molecule has 0 bridgehead atoms. The van der Waals surface area contributed by atoms with Crippen LogP contribution in [-0.4, -0.2) is 17.1 Å². The zero-order valence-corrected chi connectivity index (χ0v) is 15.3. The van der Waals surface area contributed by atoms with Crippen molar-refractivity contribution in [1.29, 1.82) is 5.26 Å². The summed E-state index contributed by atoms with van der Waals surface area (Å²) in [5.74, 6) is -1.49. The van der Waals surface area contributed by atoms with Crippen molar-refractivity contribution in [2.45, 2.75) is 18.6 Å². The second-order valence-electron chi connectivity index (χ2n) is 6.10. The Morgan fingerprint density at radius 3 is 2.41 bits per heavy atom. The van der Waals surface area contributed by atoms with Crippen LogP contribution in [-0.2, 0) is 16.0 Å². The van der Waals surface area contributed by atoms with E-state index in [2.05, 4.69) is 0 Å². The van der Waals surface area contributed by atoms with Crippen molar-refractivity contribution in [2.24, 2.45) is 5.73 Å². The van der Waals surface area contributed by atoms with Crippen molar-refractivity contribution >= 4 is 29.3 Å². The van der Waals surface area contributed by atoms with E-state index in [1.807, 2.05) is 25.1 Å². The SMILES string of the molecule is Cc1ccc(N2C(=O)[C@H](Cc3ccc(F)cc3)S/C2=C(\C#N)C(N)=O)cc1. The molecule has 1 fully saturated rings. The standard InChI is InChI=1S/C20H16FN3O2S/c1-12-2-8-15(9-3-12)24-19(26)17(10-13-4-6-14(21)7-5-13)27-20(24)16(11-22)18(23)25/h2-9,17H,10H2,1H3,(H2,23,25)/b20-16+/t17-/m0/s1. The van der Waals surface area contributed by atoms with Crippen molar-refractivity contribution in [3.8, 4) is 6.07 Å². The smallest absolute Gasteiger partial charge is 0.262 e. The molecule has 136 valence electrons. The third-order valence-corrected chi connectivity index (χ3v) is 5.41. The van der Waals surface area contributed by atoms with Crippen molar-refractivity contribution in [2.75, 3.05) is 4.90 Å². The maximum Gasteiger partial charge on any atom is 0.262 e. The third kappa shape index (κ3) is 3.86. The topological polar surface area (TPSA) is 87.2 Å². The summed E-state index contributed by atoms with van der Waals surface area (Å²) in [7, 11) is 0. The summed E-state index contributed by atoms with van der Waals surface area (Å²) in [6, 6.07) is 14.9. The number of carbonyl (C=O) groups excluding carboxylic acids is 2. The van der Waals surface area contributed by atoms with Crippen LogP contribution in [0.15, 0.2) is 59.1 Å². The van der Waals surface area contributed by atoms with Gasteiger partial charge in [-0.05, 0) is 43.2 Å². The van der Waals surface area contributed by atoms with Gasteiger partial charge in [0.25, 0.3) is 5.91 Å². The van der Waals surface area contributed by atoms with E-state index >= 15 is 0 Å². The van der Waals surface area contributed by atoms with Gasteiger partial charge in [-0.15, -0.1) is 0 Å². The summed E-state index contributed by atoms with van der Waals surface area (Å²) < 4.78 is 13.1. The highest BCUT2D eigenvalue weighted by atomic mass is 32.2. The second-order valence-corrected chi connectivity index (χ2v) is 7.29. The minimum atomic E-state index is -0.882. The highest BCUT2D eigenvalue weighted by molar-refractivity contribution is 8.05. The van der Waals surface area contributed by atoms with Crippen molar-refractivity contribution < 1.29 is 14.0 Å². The minimum absolute atomic E-state index is 0.228. The number of nitrogens with zero attached hydrogens (tertiary/aromatic N) is 2. The molecule has 2 N–H and O–H groups in total. The second kappa shape index (κ2) is 7.64. The average molecular weight is 381 g/mol. The first-order valence-corrected chi connectivity index (χ1v) is 9.04. The third-order valence-electron chi connectivity index (χ3n) is 4.15. The largest absolute Gasteiger partial charge is 0.365 e. The van der Waals surface area contributed by atoms with Gasteiger partial charge in [0, 0.05) is 5.69 Å². The molecule has 0 aromatic heterocycles. The number of benzene rings is 2. The van der Waals surface area contributed by atoms with Gasteiger partial charge < -0.3 is 5.73 Å². The van der Waals surface area contributed by atoms with Gasteiger partial charge >= 0.3 is 0 Å². The number of hydrogen-bond donors (Lipinski definition) is 1. The maximum atomic E-state index is 13.1. The molecule has 1 aliphatic rings. The van der Waals surface area contributed by atoms with E-state index in [0.29, 0.717) is 12.1 Å². The number of nitrogens with two attached hydrogens (primary N) is 1. The van der Waals surface area contributed by atoms with Gasteiger partial charge in [-0.25, -0.2) is 4.39 Å². The van der Waals surface area contributed by atoms with Crippen molar-refractivity contribution in [3.63, 3.8) is 0 Å². The predicted molar refractivity (Wildman–Crippen MR) is 102 cm³/mol. The lowest BCUT2D eigenvalue weighted by Crippen LogP contribution is -2.31. The Labute approximate surface area is 160 Å². The molecule has 1 aliphatic heterocycles. The van der Waals surface area contributed by atoms with Crippen molar-refractivity contribution in [3.05, 3.63) is 76.1 Å². The number of thioether (sulfide) groups is 1. The van der Waals surface area contributed by atoms with E-state index in [4.69, 9.17) is 5.73 Å². The van der Waals surface area contributed by atoms with Gasteiger partial charge in [-0.1, -0.05) is 41.6 Å². The molecule has 0 saturated carbocycles. The molecule has 2 aromatic carbocycles. The zero-order valence-electron chi connectivity index (χ0n) is 14.5. The number of nitriles is 1. The van der Waals surface area contributed by atoms with Crippen LogP contribution in [0, 0.1) is 24.1 Å². The molecule has 2 aromatic rings. The predicted octanol–water partition coefficient (Wildman–Crippen LogP) is 3.05. The van der Waals surface area contributed by atoms with Crippen LogP contribution in [0.2, 0.25) is 0 Å². The van der Waals surface area contributed by atoms with Crippen LogP contribution >= 0.6 is 11.8 Å². The Morgan fingerprint density at radius 1 is 1.22 bits per heavy atom. The molecule has 0 radical (unpaired) electrons. The van der Waals surface area contributed by atoms with Crippen LogP contribution in [0.5, 0.6) is 0 Å². The lowest BCUT2D eigenvalue weighted by molar-refractivity contribution is -0.117. The van der Waals surface area contributed by atoms with E-state index in [1.165, 1.54) is 17.0 Å². The highest BCUT2D eigenvalue weighted by Crippen LogP contribution is 2.41. The first kappa shape index (κ1) is 18.7. The van der Waals surface area contributed by atoms with Crippen molar-refractivity contribution in [1.82, 2.24) is 0 Å². The summed E-state index contributed by atoms with van der Waals surface area (Å²) in [4.78, 5) is 26.1. The summed E-state index contributed by atoms with van der Waals surface area (Å²) in [5.41, 5.74) is 7.44. The van der Waals surface area contributed by atoms with Gasteiger partial charge in [0.2, 0.25) is 5.91 Å². The van der Waals surface area contributed by atoms with Gasteiger partial charge in [-0.3, -0.25) is 14.5 Å². The Balaban J connectivity index is 2.01. The number of primary amides is 1. The molecule has 0 aliphatic carbocycles. The molecule has 1 atom stereocenters. The summed E-state index contributed by atoms with van der Waals surface area (Å²) in [5, 5.41) is 9.04. The number of rotatable bonds is 4. The Bertz CT molecular complexity index is 962. The van der Waals surface area contributed by atoms with E-state index < -0.39 is 11.2 Å². The van der Waals surface area contributed by atoms with E-state index in [-0.39, 0.29) is 22.3 Å². The quantitative estimate of drug-likeness (QED) is 0.651. The fourth-order valence-electron chi connectivity index (χ4n) is 2.76. The van der Waals surface area contributed by atoms with Gasteiger partial charge in [-0.2, -0.15) is 5.26 Å². The average Bonchev–Trinajstić information content (AvgIpc) is 2.94. The molecule has 0 unspecified atom stereocenters. The zero-order chi connectivity index (χ0) is 19.6. The van der Waals surface area contributed by atoms with Crippen LogP contribution in [0.4, 0.5) is 10.1 Å². The van der Waals surface area contributed by atoms with Gasteiger partial charge in [0.15, 0.2) is 0 Å². The van der Waals surface area contributed by atoms with Crippen LogP contribution < -0.4 is 10.6 Å². The molecular weight excluding hydrogens is 365 g/mol. The van der Waals surface area contributed by atoms with Crippen LogP contribution in [0.1, 0.15) is 11.1 Å². The fraction of sp³-hybridized carbons (Fsp3) is 0.150. The van der Waals surface area contributed by atoms with E-state index in [0.717, 1.165) is 22.9 Å². The fourth-order valence-corrected chi connectivity index (χ4v) is 4.08. The summed E-state index contributed by atoms with van der Waals surface area (Å²) in [6.07, 6.45) is 0.340. The summed E-state index contributed by atoms with van der Waals surface area (Å²) in [6.45, 7) is 1.92. The van der Waals surface area contributed by atoms with Gasteiger partial charge in [0.1, 0.15) is 22.5 Å². The molecular formula is C20H16FN3O2S. The lowest BCUT2D eigenvalue weighted by atomic mass is 10.1. The minimum Gasteiger partial charge on any atom is -0.365 e. The number of aryl methyl sites for hydroxylation is 1. The first-order chi connectivity index (χ1) is 12.9.